The molecule has 17 heavy (non-hydrogen) atoms. The Labute approximate surface area is 102 Å². The molecule has 0 bridgehead atoms. The zero-order chi connectivity index (χ0) is 12.1. The Morgan fingerprint density at radius 2 is 2.29 bits per heavy atom. The average Bonchev–Trinajstić information content (AvgIpc) is 2.99. The van der Waals surface area contributed by atoms with Gasteiger partial charge in [-0.1, -0.05) is 0 Å². The van der Waals surface area contributed by atoms with Crippen LogP contribution in [-0.4, -0.2) is 42.4 Å². The van der Waals surface area contributed by atoms with E-state index in [-0.39, 0.29) is 6.29 Å². The minimum Gasteiger partial charge on any atom is -0.350 e. The van der Waals surface area contributed by atoms with Gasteiger partial charge in [-0.05, 0) is 26.0 Å². The Balaban J connectivity index is 1.85. The van der Waals surface area contributed by atoms with Crippen molar-refractivity contribution in [2.45, 2.75) is 38.6 Å². The van der Waals surface area contributed by atoms with E-state index in [4.69, 9.17) is 9.47 Å². The number of ether oxygens (including phenoxy) is 2. The van der Waals surface area contributed by atoms with Crippen molar-refractivity contribution >= 4 is 0 Å². The highest BCUT2D eigenvalue weighted by molar-refractivity contribution is 5.06. The highest BCUT2D eigenvalue weighted by atomic mass is 16.7. The minimum absolute atomic E-state index is 0.0475. The second kappa shape index (κ2) is 6.14. The number of aromatic nitrogens is 2. The van der Waals surface area contributed by atoms with Gasteiger partial charge < -0.3 is 14.8 Å². The summed E-state index contributed by atoms with van der Waals surface area (Å²) in [6, 6.07) is 0.368. The SMILES string of the molecule is CCn1cc(CC(CC2OCCO2)NC)cn1. The van der Waals surface area contributed by atoms with Gasteiger partial charge in [0.25, 0.3) is 0 Å². The van der Waals surface area contributed by atoms with Gasteiger partial charge in [0.1, 0.15) is 0 Å². The quantitative estimate of drug-likeness (QED) is 0.797. The van der Waals surface area contributed by atoms with Crippen LogP contribution in [0.2, 0.25) is 0 Å². The van der Waals surface area contributed by atoms with Crippen molar-refractivity contribution in [3.05, 3.63) is 18.0 Å². The summed E-state index contributed by atoms with van der Waals surface area (Å²) in [4.78, 5) is 0. The zero-order valence-corrected chi connectivity index (χ0v) is 10.6. The molecule has 96 valence electrons. The third-order valence-corrected chi connectivity index (χ3v) is 3.07. The lowest BCUT2D eigenvalue weighted by atomic mass is 10.1. The molecule has 1 unspecified atom stereocenters. The van der Waals surface area contributed by atoms with Crippen LogP contribution in [0, 0.1) is 0 Å². The van der Waals surface area contributed by atoms with Gasteiger partial charge in [-0.3, -0.25) is 4.68 Å². The molecule has 2 heterocycles. The number of rotatable bonds is 6. The molecule has 1 aromatic heterocycles. The molecular formula is C12H21N3O2. The molecule has 0 saturated carbocycles. The fourth-order valence-corrected chi connectivity index (χ4v) is 2.05. The molecule has 0 radical (unpaired) electrons. The van der Waals surface area contributed by atoms with Crippen LogP contribution < -0.4 is 5.32 Å². The van der Waals surface area contributed by atoms with E-state index < -0.39 is 0 Å². The molecule has 1 aliphatic heterocycles. The summed E-state index contributed by atoms with van der Waals surface area (Å²) < 4.78 is 12.9. The van der Waals surface area contributed by atoms with E-state index in [1.165, 1.54) is 5.56 Å². The lowest BCUT2D eigenvalue weighted by Crippen LogP contribution is -2.32. The summed E-state index contributed by atoms with van der Waals surface area (Å²) in [6.45, 7) is 4.44. The van der Waals surface area contributed by atoms with Gasteiger partial charge in [0.05, 0.1) is 19.4 Å². The smallest absolute Gasteiger partial charge is 0.159 e. The first-order valence-corrected chi connectivity index (χ1v) is 6.23. The maximum atomic E-state index is 5.47. The summed E-state index contributed by atoms with van der Waals surface area (Å²) >= 11 is 0. The van der Waals surface area contributed by atoms with Crippen LogP contribution in [0.5, 0.6) is 0 Å². The van der Waals surface area contributed by atoms with Crippen molar-refractivity contribution in [3.63, 3.8) is 0 Å². The summed E-state index contributed by atoms with van der Waals surface area (Å²) in [5, 5.41) is 7.59. The van der Waals surface area contributed by atoms with E-state index in [1.807, 2.05) is 17.9 Å². The van der Waals surface area contributed by atoms with E-state index in [9.17, 15) is 0 Å². The zero-order valence-electron chi connectivity index (χ0n) is 10.6. The maximum absolute atomic E-state index is 5.47. The monoisotopic (exact) mass is 239 g/mol. The third-order valence-electron chi connectivity index (χ3n) is 3.07. The van der Waals surface area contributed by atoms with Gasteiger partial charge in [-0.15, -0.1) is 0 Å². The van der Waals surface area contributed by atoms with Crippen LogP contribution in [-0.2, 0) is 22.4 Å². The lowest BCUT2D eigenvalue weighted by molar-refractivity contribution is -0.0522. The highest BCUT2D eigenvalue weighted by Crippen LogP contribution is 2.13. The van der Waals surface area contributed by atoms with Crippen LogP contribution in [0.15, 0.2) is 12.4 Å². The molecule has 1 N–H and O–H groups in total. The summed E-state index contributed by atoms with van der Waals surface area (Å²) in [5.41, 5.74) is 1.25. The van der Waals surface area contributed by atoms with E-state index in [0.717, 1.165) is 32.6 Å². The molecule has 5 heteroatoms. The maximum Gasteiger partial charge on any atom is 0.159 e. The Morgan fingerprint density at radius 1 is 1.53 bits per heavy atom. The molecule has 2 rings (SSSR count). The van der Waals surface area contributed by atoms with Gasteiger partial charge in [0, 0.05) is 25.2 Å². The summed E-state index contributed by atoms with van der Waals surface area (Å²) in [6.07, 6.45) is 5.83. The van der Waals surface area contributed by atoms with Crippen LogP contribution >= 0.6 is 0 Å². The first-order valence-electron chi connectivity index (χ1n) is 6.23. The molecule has 1 atom stereocenters. The number of nitrogens with zero attached hydrogens (tertiary/aromatic N) is 2. The second-order valence-electron chi connectivity index (χ2n) is 4.30. The predicted octanol–water partition coefficient (Wildman–Crippen LogP) is 0.796. The molecule has 1 aromatic rings. The predicted molar refractivity (Wildman–Crippen MR) is 64.8 cm³/mol. The van der Waals surface area contributed by atoms with E-state index >= 15 is 0 Å². The summed E-state index contributed by atoms with van der Waals surface area (Å²) in [7, 11) is 1.98. The van der Waals surface area contributed by atoms with Crippen molar-refractivity contribution in [1.82, 2.24) is 15.1 Å². The van der Waals surface area contributed by atoms with Crippen molar-refractivity contribution in [3.8, 4) is 0 Å². The van der Waals surface area contributed by atoms with E-state index in [1.54, 1.807) is 0 Å². The number of hydrogen-bond acceptors (Lipinski definition) is 4. The lowest BCUT2D eigenvalue weighted by Gasteiger charge is -2.18. The van der Waals surface area contributed by atoms with E-state index in [2.05, 4.69) is 23.5 Å². The van der Waals surface area contributed by atoms with Gasteiger partial charge in [-0.2, -0.15) is 5.10 Å². The fraction of sp³-hybridized carbons (Fsp3) is 0.750. The van der Waals surface area contributed by atoms with Crippen LogP contribution in [0.3, 0.4) is 0 Å². The fourth-order valence-electron chi connectivity index (χ4n) is 2.05. The largest absolute Gasteiger partial charge is 0.350 e. The van der Waals surface area contributed by atoms with Gasteiger partial charge in [-0.25, -0.2) is 0 Å². The number of nitrogens with one attached hydrogen (secondary N) is 1. The van der Waals surface area contributed by atoms with Crippen LogP contribution in [0.4, 0.5) is 0 Å². The first-order chi connectivity index (χ1) is 8.31. The Bertz CT molecular complexity index is 334. The van der Waals surface area contributed by atoms with E-state index in [0.29, 0.717) is 6.04 Å². The number of aryl methyl sites for hydroxylation is 1. The van der Waals surface area contributed by atoms with Crippen molar-refractivity contribution in [2.24, 2.45) is 0 Å². The number of hydrogen-bond donors (Lipinski definition) is 1. The second-order valence-corrected chi connectivity index (χ2v) is 4.30. The molecule has 0 aromatic carbocycles. The van der Waals surface area contributed by atoms with Crippen LogP contribution in [0.25, 0.3) is 0 Å². The van der Waals surface area contributed by atoms with Gasteiger partial charge in [0.2, 0.25) is 0 Å². The normalized spacial score (nSPS) is 18.7. The highest BCUT2D eigenvalue weighted by Gasteiger charge is 2.20. The summed E-state index contributed by atoms with van der Waals surface area (Å²) in [5.74, 6) is 0. The molecule has 5 nitrogen and oxygen atoms in total. The van der Waals surface area contributed by atoms with Crippen molar-refractivity contribution in [1.29, 1.82) is 0 Å². The molecular weight excluding hydrogens is 218 g/mol. The van der Waals surface area contributed by atoms with Crippen molar-refractivity contribution < 1.29 is 9.47 Å². The molecule has 0 spiro atoms. The average molecular weight is 239 g/mol. The van der Waals surface area contributed by atoms with Gasteiger partial charge in [0.15, 0.2) is 6.29 Å². The number of likely N-dealkylation sites (N-methyl/N-ethyl adjacent to an activating group) is 1. The Hall–Kier alpha value is -0.910. The van der Waals surface area contributed by atoms with Crippen molar-refractivity contribution in [2.75, 3.05) is 20.3 Å². The Morgan fingerprint density at radius 3 is 2.88 bits per heavy atom. The minimum atomic E-state index is -0.0475. The molecule has 0 amide bonds. The first kappa shape index (κ1) is 12.5. The topological polar surface area (TPSA) is 48.3 Å². The van der Waals surface area contributed by atoms with Crippen LogP contribution in [0.1, 0.15) is 18.9 Å². The Kier molecular flexibility index (Phi) is 4.53. The standard InChI is InChI=1S/C12H21N3O2/c1-3-15-9-10(8-14-15)6-11(13-2)7-12-16-4-5-17-12/h8-9,11-13H,3-7H2,1-2H3. The van der Waals surface area contributed by atoms with Gasteiger partial charge >= 0.3 is 0 Å². The molecule has 1 fully saturated rings. The molecule has 1 aliphatic rings. The third kappa shape index (κ3) is 3.52. The molecule has 0 aliphatic carbocycles. The molecule has 1 saturated heterocycles.